The summed E-state index contributed by atoms with van der Waals surface area (Å²) in [6, 6.07) is 6.10. The third kappa shape index (κ3) is 13.6. The lowest BCUT2D eigenvalue weighted by Gasteiger charge is -2.24. The van der Waals surface area contributed by atoms with Gasteiger partial charge in [-0.15, -0.1) is 12.4 Å². The normalized spacial score (nSPS) is 11.6. The lowest BCUT2D eigenvalue weighted by atomic mass is 10.1. The number of nitrogens with zero attached hydrogens (tertiary/aromatic N) is 1. The maximum absolute atomic E-state index is 12.4. The highest BCUT2D eigenvalue weighted by Gasteiger charge is 2.16. The highest BCUT2D eigenvalue weighted by molar-refractivity contribution is 5.89. The molecule has 0 saturated carbocycles. The van der Waals surface area contributed by atoms with Crippen LogP contribution in [0.15, 0.2) is 24.3 Å². The maximum atomic E-state index is 12.4. The lowest BCUT2D eigenvalue weighted by molar-refractivity contribution is 0.0696. The fourth-order valence-electron chi connectivity index (χ4n) is 3.52. The predicted octanol–water partition coefficient (Wildman–Crippen LogP) is 6.99. The number of halogens is 1. The van der Waals surface area contributed by atoms with Crippen LogP contribution in [0.1, 0.15) is 95.3 Å². The van der Waals surface area contributed by atoms with Crippen LogP contribution in [0.2, 0.25) is 0 Å². The highest BCUT2D eigenvalue weighted by Crippen LogP contribution is 2.16. The van der Waals surface area contributed by atoms with Crippen LogP contribution < -0.4 is 5.32 Å². The molecule has 1 unspecified atom stereocenters. The summed E-state index contributed by atoms with van der Waals surface area (Å²) in [5, 5.41) is 11.7. The molecule has 1 amide bonds. The minimum atomic E-state index is -0.989. The van der Waals surface area contributed by atoms with Gasteiger partial charge < -0.3 is 14.7 Å². The molecule has 0 radical (unpaired) electrons. The number of rotatable bonds is 17. The second-order valence-electron chi connectivity index (χ2n) is 8.22. The molecule has 32 heavy (non-hydrogen) atoms. The minimum absolute atomic E-state index is 0. The van der Waals surface area contributed by atoms with Crippen molar-refractivity contribution in [3.8, 4) is 0 Å². The predicted molar refractivity (Wildman–Crippen MR) is 134 cm³/mol. The first-order valence-corrected chi connectivity index (χ1v) is 12.0. The Morgan fingerprint density at radius 3 is 1.94 bits per heavy atom. The molecule has 184 valence electrons. The molecule has 1 rings (SSSR count). The van der Waals surface area contributed by atoms with Crippen molar-refractivity contribution in [1.29, 1.82) is 0 Å². The van der Waals surface area contributed by atoms with Gasteiger partial charge in [0.15, 0.2) is 0 Å². The molecule has 0 spiro atoms. The number of benzene rings is 1. The average molecular weight is 471 g/mol. The Labute approximate surface area is 200 Å². The quantitative estimate of drug-likeness (QED) is 0.240. The van der Waals surface area contributed by atoms with E-state index in [9.17, 15) is 9.59 Å². The number of carboxylic acids is 1. The van der Waals surface area contributed by atoms with E-state index in [1.54, 1.807) is 12.1 Å². The Morgan fingerprint density at radius 1 is 0.875 bits per heavy atom. The summed E-state index contributed by atoms with van der Waals surface area (Å²) in [4.78, 5) is 25.9. The van der Waals surface area contributed by atoms with Gasteiger partial charge in [-0.25, -0.2) is 9.59 Å². The Kier molecular flexibility index (Phi) is 17.7. The molecule has 6 nitrogen and oxygen atoms in total. The van der Waals surface area contributed by atoms with E-state index in [0.717, 1.165) is 58.2 Å². The molecule has 0 saturated heterocycles. The van der Waals surface area contributed by atoms with Crippen molar-refractivity contribution in [2.45, 2.75) is 91.1 Å². The number of carbonyl (C=O) groups excluding carboxylic acids is 1. The third-order valence-corrected chi connectivity index (χ3v) is 5.44. The lowest BCUT2D eigenvalue weighted by Crippen LogP contribution is -2.29. The zero-order valence-electron chi connectivity index (χ0n) is 20.1. The monoisotopic (exact) mass is 470 g/mol. The molecule has 0 aliphatic heterocycles. The Morgan fingerprint density at radius 2 is 1.41 bits per heavy atom. The van der Waals surface area contributed by atoms with E-state index in [-0.39, 0.29) is 24.1 Å². The zero-order chi connectivity index (χ0) is 22.9. The summed E-state index contributed by atoms with van der Waals surface area (Å²) < 4.78 is 5.74. The van der Waals surface area contributed by atoms with Gasteiger partial charge in [0.25, 0.3) is 0 Å². The summed E-state index contributed by atoms with van der Waals surface area (Å²) in [7, 11) is 0. The van der Waals surface area contributed by atoms with Gasteiger partial charge in [-0.05, 0) is 82.4 Å². The third-order valence-electron chi connectivity index (χ3n) is 5.44. The fraction of sp³-hybridized carbons (Fsp3) is 0.680. The number of amides is 1. The van der Waals surface area contributed by atoms with Gasteiger partial charge in [0, 0.05) is 5.69 Å². The smallest absolute Gasteiger partial charge is 0.411 e. The van der Waals surface area contributed by atoms with E-state index in [4.69, 9.17) is 9.84 Å². The molecule has 1 aromatic rings. The summed E-state index contributed by atoms with van der Waals surface area (Å²) >= 11 is 0. The number of aromatic carboxylic acids is 1. The van der Waals surface area contributed by atoms with Crippen LogP contribution in [0.3, 0.4) is 0 Å². The van der Waals surface area contributed by atoms with Crippen LogP contribution in [0.25, 0.3) is 0 Å². The van der Waals surface area contributed by atoms with Crippen LogP contribution in [-0.2, 0) is 4.74 Å². The SMILES string of the molecule is CCCCCC(CCCN(CCCC)CCCC)OC(=O)Nc1ccc(C(=O)O)cc1.Cl. The van der Waals surface area contributed by atoms with Crippen LogP contribution in [-0.4, -0.2) is 47.8 Å². The second kappa shape index (κ2) is 18.8. The van der Waals surface area contributed by atoms with Crippen LogP contribution in [0.4, 0.5) is 10.5 Å². The minimum Gasteiger partial charge on any atom is -0.478 e. The summed E-state index contributed by atoms with van der Waals surface area (Å²) in [5.74, 6) is -0.989. The topological polar surface area (TPSA) is 78.9 Å². The molecular weight excluding hydrogens is 428 g/mol. The van der Waals surface area contributed by atoms with Crippen LogP contribution in [0.5, 0.6) is 0 Å². The van der Waals surface area contributed by atoms with E-state index in [0.29, 0.717) is 5.69 Å². The molecule has 7 heteroatoms. The summed E-state index contributed by atoms with van der Waals surface area (Å²) in [6.45, 7) is 9.96. The Bertz CT molecular complexity index is 617. The van der Waals surface area contributed by atoms with Crippen molar-refractivity contribution in [3.63, 3.8) is 0 Å². The standard InChI is InChI=1S/C25H42N2O4.ClH/c1-4-7-10-12-23(13-11-20-27(18-8-5-2)19-9-6-3)31-25(30)26-22-16-14-21(15-17-22)24(28)29;/h14-17,23H,4-13,18-20H2,1-3H3,(H,26,30)(H,28,29);1H. The van der Waals surface area contributed by atoms with Crippen LogP contribution in [0, 0.1) is 0 Å². The van der Waals surface area contributed by atoms with Gasteiger partial charge in [-0.2, -0.15) is 0 Å². The average Bonchev–Trinajstić information content (AvgIpc) is 2.75. The molecule has 2 N–H and O–H groups in total. The van der Waals surface area contributed by atoms with Gasteiger partial charge in [0.1, 0.15) is 6.10 Å². The van der Waals surface area contributed by atoms with Gasteiger partial charge in [-0.1, -0.05) is 46.5 Å². The number of hydrogen-bond acceptors (Lipinski definition) is 4. The largest absolute Gasteiger partial charge is 0.478 e. The molecule has 0 fully saturated rings. The molecule has 1 aromatic carbocycles. The Balaban J connectivity index is 0.00000961. The number of anilines is 1. The second-order valence-corrected chi connectivity index (χ2v) is 8.22. The van der Waals surface area contributed by atoms with Crippen molar-refractivity contribution in [3.05, 3.63) is 29.8 Å². The number of hydrogen-bond donors (Lipinski definition) is 2. The molecule has 0 bridgehead atoms. The van der Waals surface area contributed by atoms with Gasteiger partial charge in [0.05, 0.1) is 5.56 Å². The molecule has 0 aromatic heterocycles. The number of unbranched alkanes of at least 4 members (excludes halogenated alkanes) is 4. The number of carbonyl (C=O) groups is 2. The first kappa shape index (κ1) is 30.2. The van der Waals surface area contributed by atoms with E-state index in [1.807, 2.05) is 0 Å². The van der Waals surface area contributed by atoms with Crippen molar-refractivity contribution < 1.29 is 19.4 Å². The summed E-state index contributed by atoms with van der Waals surface area (Å²) in [6.07, 6.45) is 10.4. The number of ether oxygens (including phenoxy) is 1. The van der Waals surface area contributed by atoms with E-state index in [1.165, 1.54) is 37.8 Å². The van der Waals surface area contributed by atoms with Crippen LogP contribution >= 0.6 is 12.4 Å². The van der Waals surface area contributed by atoms with E-state index in [2.05, 4.69) is 31.0 Å². The van der Waals surface area contributed by atoms with E-state index < -0.39 is 12.1 Å². The Hall–Kier alpha value is -1.79. The van der Waals surface area contributed by atoms with Crippen molar-refractivity contribution >= 4 is 30.2 Å². The first-order chi connectivity index (χ1) is 15.0. The van der Waals surface area contributed by atoms with Gasteiger partial charge >= 0.3 is 12.1 Å². The highest BCUT2D eigenvalue weighted by atomic mass is 35.5. The summed E-state index contributed by atoms with van der Waals surface area (Å²) in [5.41, 5.74) is 0.722. The fourth-order valence-corrected chi connectivity index (χ4v) is 3.52. The van der Waals surface area contributed by atoms with Crippen molar-refractivity contribution in [1.82, 2.24) is 4.90 Å². The van der Waals surface area contributed by atoms with Crippen molar-refractivity contribution in [2.24, 2.45) is 0 Å². The van der Waals surface area contributed by atoms with Crippen molar-refractivity contribution in [2.75, 3.05) is 25.0 Å². The molecule has 1 atom stereocenters. The number of nitrogens with one attached hydrogen (secondary N) is 1. The first-order valence-electron chi connectivity index (χ1n) is 12.0. The maximum Gasteiger partial charge on any atom is 0.411 e. The molecule has 0 aliphatic carbocycles. The molecule has 0 aliphatic rings. The zero-order valence-corrected chi connectivity index (χ0v) is 20.9. The number of carboxylic acid groups (broad SMARTS) is 1. The molecular formula is C25H43ClN2O4. The van der Waals surface area contributed by atoms with E-state index >= 15 is 0 Å². The molecule has 0 heterocycles. The van der Waals surface area contributed by atoms with Gasteiger partial charge in [0.2, 0.25) is 0 Å². The van der Waals surface area contributed by atoms with Gasteiger partial charge in [-0.3, -0.25) is 5.32 Å².